The van der Waals surface area contributed by atoms with Crippen LogP contribution in [-0.4, -0.2) is 185 Å². The van der Waals surface area contributed by atoms with E-state index >= 15 is 0 Å². The van der Waals surface area contributed by atoms with Crippen LogP contribution in [0.1, 0.15) is 39.5 Å². The Balaban J connectivity index is 0. The lowest BCUT2D eigenvalue weighted by molar-refractivity contribution is -0.474. The van der Waals surface area contributed by atoms with Crippen LogP contribution in [0.5, 0.6) is 0 Å². The molecule has 2 rings (SSSR count). The normalized spacial score (nSPS) is 20.6. The zero-order valence-corrected chi connectivity index (χ0v) is 44.5. The van der Waals surface area contributed by atoms with E-state index in [0.29, 0.717) is 6.42 Å². The Kier molecular flexibility index (Phi) is 25.3. The number of rotatable bonds is 29. The van der Waals surface area contributed by atoms with Gasteiger partial charge >= 0.3 is 143 Å². The van der Waals surface area contributed by atoms with E-state index in [1.54, 1.807) is 6.92 Å². The smallest absolute Gasteiger partial charge is 0.460 e. The Labute approximate surface area is 490 Å². The van der Waals surface area contributed by atoms with Gasteiger partial charge in [-0.2, -0.15) is 184 Å². The van der Waals surface area contributed by atoms with Gasteiger partial charge in [0.15, 0.2) is 10.8 Å². The zero-order chi connectivity index (χ0) is 75.7. The number of carbonyl (C=O) groups is 4. The fourth-order valence-corrected chi connectivity index (χ4v) is 6.82. The Morgan fingerprint density at radius 3 is 0.766 bits per heavy atom. The van der Waals surface area contributed by atoms with Crippen LogP contribution in [0, 0.1) is 22.7 Å². The van der Waals surface area contributed by atoms with Gasteiger partial charge in [-0.15, -0.1) is 13.2 Å². The first kappa shape index (κ1) is 90.4. The maximum Gasteiger partial charge on any atom is 0.460 e. The molecule has 4 atom stereocenters. The molecule has 3 N–H and O–H groups in total. The number of esters is 3. The van der Waals surface area contributed by atoms with E-state index in [1.807, 2.05) is 0 Å². The number of halogens is 42. The molecule has 2 aliphatic carbocycles. The van der Waals surface area contributed by atoms with Crippen molar-refractivity contribution in [2.45, 2.75) is 158 Å². The number of hydrogen-bond acceptors (Lipinski definition) is 9. The summed E-state index contributed by atoms with van der Waals surface area (Å²) >= 11 is 0. The van der Waals surface area contributed by atoms with Crippen molar-refractivity contribution in [3.05, 3.63) is 25.3 Å². The van der Waals surface area contributed by atoms with E-state index in [9.17, 15) is 204 Å². The van der Waals surface area contributed by atoms with Gasteiger partial charge in [0.2, 0.25) is 0 Å². The minimum atomic E-state index is -9.26. The predicted octanol–water partition coefficient (Wildman–Crippen LogP) is 15.3. The molecule has 4 unspecified atom stereocenters. The van der Waals surface area contributed by atoms with Crippen LogP contribution in [0.3, 0.4) is 0 Å². The minimum Gasteiger partial charge on any atom is -0.870 e. The number of ether oxygens (including phenoxy) is 3. The average Bonchev–Trinajstić information content (AvgIpc) is 0.794. The molecule has 0 aliphatic heterocycles. The summed E-state index contributed by atoms with van der Waals surface area (Å²) in [4.78, 5) is 46.2. The SMILES string of the molecule is C=CC1CC1(C(=O)O)C(=O)OCC.C=CC1CC1(C(=O)OCC)C(=O)OCCC(F)(F)C(F)(F)C(F)(F)C(F)(F)C(F)(F)C(F)(F)C(F)(F)C(F)(F)C(F)(F)C(F)(F)F.OCCC(F)(F)C(F)(F)C(F)(F)C(F)(F)C(F)(F)C(F)(F)C(F)(F)C(F)(F)C(F)(F)C(F)(F)F.[OH-]. The van der Waals surface area contributed by atoms with E-state index in [0.717, 1.165) is 6.08 Å². The molecule has 10 nitrogen and oxygen atoms in total. The number of alkyl halides is 42. The summed E-state index contributed by atoms with van der Waals surface area (Å²) in [6.45, 7) is 4.63. The van der Waals surface area contributed by atoms with Crippen LogP contribution in [0.15, 0.2) is 25.3 Å². The summed E-state index contributed by atoms with van der Waals surface area (Å²) < 4.78 is 567. The maximum absolute atomic E-state index is 14.0. The third-order valence-electron chi connectivity index (χ3n) is 12.9. The van der Waals surface area contributed by atoms with Crippen molar-refractivity contribution in [2.75, 3.05) is 26.4 Å². The Hall–Kier alpha value is -5.66. The Morgan fingerprint density at radius 1 is 0.362 bits per heavy atom. The lowest BCUT2D eigenvalue weighted by Crippen LogP contribution is -2.76. The summed E-state index contributed by atoms with van der Waals surface area (Å²) in [5.74, 6) is -162. The van der Waals surface area contributed by atoms with E-state index in [4.69, 9.17) is 14.9 Å². The van der Waals surface area contributed by atoms with Gasteiger partial charge in [-0.25, -0.2) is 0 Å². The second kappa shape index (κ2) is 26.3. The van der Waals surface area contributed by atoms with Gasteiger partial charge in [-0.3, -0.25) is 19.2 Å². The van der Waals surface area contributed by atoms with Crippen molar-refractivity contribution in [1.29, 1.82) is 0 Å². The molecule has 2 saturated carbocycles. The first-order valence-electron chi connectivity index (χ1n) is 23.0. The van der Waals surface area contributed by atoms with Gasteiger partial charge in [0.1, 0.15) is 0 Å². The van der Waals surface area contributed by atoms with Crippen molar-refractivity contribution in [2.24, 2.45) is 22.7 Å². The number of carboxylic acid groups (broad SMARTS) is 1. The molecule has 2 fully saturated rings. The van der Waals surface area contributed by atoms with Crippen LogP contribution < -0.4 is 0 Å². The summed E-state index contributed by atoms with van der Waals surface area (Å²) in [5, 5.41) is 16.9. The van der Waals surface area contributed by atoms with Crippen molar-refractivity contribution >= 4 is 23.9 Å². The standard InChI is InChI=1S/C21H15F21O4.C12H5F21O.C9H12O4.H2O/c1-3-8-7-11(8,9(43)45-4-2)10(44)46-6-5-12(22,23)13(24,25)14(26,27)15(28,29)16(30,31)17(32,33)18(34,35)19(36,37)20(38,39)21(40,41)42;13-3(14,1-2-34)4(15,16)5(17,18)6(19,20)7(21,22)8(23,24)9(25,26)10(27,28)11(29,30)12(31,32)33;1-3-6-5-9(6,7(10)11)8(12)13-4-2;/h3,8H,1,4-7H2,2H3;34H,1-2H2;3,6H,1,4-5H2,2H3,(H,10,11);1H2/p-1. The van der Waals surface area contributed by atoms with Crippen molar-refractivity contribution in [1.82, 2.24) is 0 Å². The van der Waals surface area contributed by atoms with Gasteiger partial charge < -0.3 is 29.9 Å². The Bertz CT molecular complexity index is 2700. The molecule has 0 amide bonds. The van der Waals surface area contributed by atoms with Crippen LogP contribution in [-0.2, 0) is 33.4 Å². The number of hydrogen-bond donors (Lipinski definition) is 2. The quantitative estimate of drug-likeness (QED) is 0.0242. The second-order valence-electron chi connectivity index (χ2n) is 18.7. The fourth-order valence-electron chi connectivity index (χ4n) is 6.82. The van der Waals surface area contributed by atoms with Gasteiger partial charge in [0.05, 0.1) is 26.2 Å². The summed E-state index contributed by atoms with van der Waals surface area (Å²) in [6.07, 6.45) is -20.0. The number of aliphatic hydroxyl groups excluding tert-OH is 1. The highest BCUT2D eigenvalue weighted by atomic mass is 19.5. The van der Waals surface area contributed by atoms with E-state index in [2.05, 4.69) is 22.6 Å². The lowest BCUT2D eigenvalue weighted by atomic mass is 9.86. The summed E-state index contributed by atoms with van der Waals surface area (Å²) in [5.41, 5.74) is -3.70. The third kappa shape index (κ3) is 13.1. The third-order valence-corrected chi connectivity index (χ3v) is 12.9. The second-order valence-corrected chi connectivity index (χ2v) is 18.7. The molecule has 0 saturated heterocycles. The number of carboxylic acids is 1. The largest absolute Gasteiger partial charge is 0.870 e. The van der Waals surface area contributed by atoms with Crippen LogP contribution in [0.4, 0.5) is 184 Å². The minimum absolute atomic E-state index is 0. The highest BCUT2D eigenvalue weighted by molar-refractivity contribution is 6.04. The lowest BCUT2D eigenvalue weighted by Gasteiger charge is -2.44. The summed E-state index contributed by atoms with van der Waals surface area (Å²) in [7, 11) is 0. The maximum atomic E-state index is 14.0. The van der Waals surface area contributed by atoms with Crippen LogP contribution >= 0.6 is 0 Å². The zero-order valence-electron chi connectivity index (χ0n) is 44.5. The van der Waals surface area contributed by atoms with Gasteiger partial charge in [0, 0.05) is 24.9 Å². The molecule has 0 aromatic rings. The van der Waals surface area contributed by atoms with E-state index in [1.165, 1.54) is 13.0 Å². The van der Waals surface area contributed by atoms with E-state index in [-0.39, 0.29) is 18.0 Å². The molecule has 94 heavy (non-hydrogen) atoms. The van der Waals surface area contributed by atoms with Crippen molar-refractivity contribution in [3.63, 3.8) is 0 Å². The number of aliphatic carboxylic acids is 1. The van der Waals surface area contributed by atoms with Crippen molar-refractivity contribution in [3.8, 4) is 0 Å². The molecular formula is C42H33F42O10-. The molecule has 0 bridgehead atoms. The van der Waals surface area contributed by atoms with E-state index < -0.39 is 199 Å². The molecule has 556 valence electrons. The number of aliphatic hydroxyl groups is 1. The average molecular weight is 1500 g/mol. The highest BCUT2D eigenvalue weighted by Crippen LogP contribution is 2.69. The molecule has 0 spiro atoms. The van der Waals surface area contributed by atoms with Gasteiger partial charge in [0.25, 0.3) is 0 Å². The number of carbonyl (C=O) groups excluding carboxylic acids is 3. The molecule has 0 radical (unpaired) electrons. The summed E-state index contributed by atoms with van der Waals surface area (Å²) in [6, 6.07) is 0. The van der Waals surface area contributed by atoms with Crippen molar-refractivity contribution < 1.29 is 233 Å². The predicted molar refractivity (Wildman–Crippen MR) is 213 cm³/mol. The topological polar surface area (TPSA) is 166 Å². The fraction of sp³-hybridized carbons (Fsp3) is 0.810. The van der Waals surface area contributed by atoms with Crippen LogP contribution in [0.2, 0.25) is 0 Å². The monoisotopic (exact) mass is 1500 g/mol. The van der Waals surface area contributed by atoms with Gasteiger partial charge in [-0.1, -0.05) is 12.2 Å². The molecule has 2 aliphatic rings. The van der Waals surface area contributed by atoms with Gasteiger partial charge in [-0.05, 0) is 26.7 Å². The first-order valence-corrected chi connectivity index (χ1v) is 23.0. The first-order chi connectivity index (χ1) is 40.4. The molecule has 0 aromatic heterocycles. The molecule has 0 aromatic carbocycles. The molecular weight excluding hydrogens is 1460 g/mol. The number of allylic oxidation sites excluding steroid dienone is 2. The van der Waals surface area contributed by atoms with Crippen LogP contribution in [0.25, 0.3) is 0 Å². The molecule has 52 heteroatoms. The highest BCUT2D eigenvalue weighted by Gasteiger charge is 3.00. The Morgan fingerprint density at radius 2 is 0.564 bits per heavy atom. The molecule has 0 heterocycles.